The van der Waals surface area contributed by atoms with E-state index in [0.717, 1.165) is 6.42 Å². The second-order valence-electron chi connectivity index (χ2n) is 4.96. The Balaban J connectivity index is 2.31. The molecule has 1 aliphatic heterocycles. The molecular formula is C13H20O3. The van der Waals surface area contributed by atoms with Gasteiger partial charge in [0.05, 0.1) is 12.3 Å². The molecule has 3 heteroatoms. The van der Waals surface area contributed by atoms with E-state index >= 15 is 0 Å². The van der Waals surface area contributed by atoms with Crippen molar-refractivity contribution in [3.8, 4) is 0 Å². The van der Waals surface area contributed by atoms with Crippen LogP contribution >= 0.6 is 0 Å². The van der Waals surface area contributed by atoms with E-state index in [0.29, 0.717) is 18.3 Å². The van der Waals surface area contributed by atoms with E-state index in [1.54, 1.807) is 0 Å². The normalized spacial score (nSPS) is 23.1. The van der Waals surface area contributed by atoms with Crippen molar-refractivity contribution in [1.29, 1.82) is 0 Å². The molecule has 3 nitrogen and oxygen atoms in total. The lowest BCUT2D eigenvalue weighted by Gasteiger charge is -2.08. The minimum atomic E-state index is -0.390. The van der Waals surface area contributed by atoms with Gasteiger partial charge in [-0.3, -0.25) is 9.59 Å². The molecular weight excluding hydrogens is 204 g/mol. The molecule has 0 aromatic carbocycles. The molecule has 90 valence electrons. The van der Waals surface area contributed by atoms with Crippen molar-refractivity contribution in [1.82, 2.24) is 0 Å². The van der Waals surface area contributed by atoms with Crippen molar-refractivity contribution in [2.75, 3.05) is 0 Å². The number of allylic oxidation sites excluding steroid dienone is 2. The van der Waals surface area contributed by atoms with Crippen LogP contribution in [0.5, 0.6) is 0 Å². The summed E-state index contributed by atoms with van der Waals surface area (Å²) in [6, 6.07) is 0. The van der Waals surface area contributed by atoms with E-state index in [4.69, 9.17) is 0 Å². The SMILES string of the molecule is CC(C)CC(C)C=CCC1CC(=O)OC1=O. The number of cyclic esters (lactones) is 2. The summed E-state index contributed by atoms with van der Waals surface area (Å²) in [6.07, 6.45) is 6.12. The lowest BCUT2D eigenvalue weighted by Crippen LogP contribution is -2.06. The highest BCUT2D eigenvalue weighted by molar-refractivity contribution is 5.94. The highest BCUT2D eigenvalue weighted by Gasteiger charge is 2.32. The van der Waals surface area contributed by atoms with Gasteiger partial charge in [0.1, 0.15) is 0 Å². The smallest absolute Gasteiger partial charge is 0.317 e. The molecule has 1 rings (SSSR count). The molecule has 0 amide bonds. The molecule has 0 aromatic heterocycles. The van der Waals surface area contributed by atoms with Gasteiger partial charge in [-0.05, 0) is 24.7 Å². The maximum Gasteiger partial charge on any atom is 0.317 e. The second-order valence-corrected chi connectivity index (χ2v) is 4.96. The molecule has 1 saturated heterocycles. The molecule has 0 bridgehead atoms. The number of hydrogen-bond donors (Lipinski definition) is 0. The zero-order chi connectivity index (χ0) is 12.1. The topological polar surface area (TPSA) is 43.4 Å². The number of esters is 2. The van der Waals surface area contributed by atoms with Crippen LogP contribution in [0.25, 0.3) is 0 Å². The quantitative estimate of drug-likeness (QED) is 0.409. The molecule has 16 heavy (non-hydrogen) atoms. The van der Waals surface area contributed by atoms with Gasteiger partial charge in [0.15, 0.2) is 0 Å². The van der Waals surface area contributed by atoms with Crippen molar-refractivity contribution in [2.45, 2.75) is 40.0 Å². The van der Waals surface area contributed by atoms with Crippen LogP contribution in [0.15, 0.2) is 12.2 Å². The molecule has 0 aliphatic carbocycles. The van der Waals surface area contributed by atoms with Gasteiger partial charge in [0.2, 0.25) is 0 Å². The molecule has 0 radical (unpaired) electrons. The van der Waals surface area contributed by atoms with E-state index in [9.17, 15) is 9.59 Å². The average molecular weight is 224 g/mol. The summed E-state index contributed by atoms with van der Waals surface area (Å²) >= 11 is 0. The van der Waals surface area contributed by atoms with Crippen LogP contribution in [0.1, 0.15) is 40.0 Å². The highest BCUT2D eigenvalue weighted by Crippen LogP contribution is 2.20. The minimum absolute atomic E-state index is 0.238. The Morgan fingerprint density at radius 1 is 1.38 bits per heavy atom. The van der Waals surface area contributed by atoms with Gasteiger partial charge in [-0.15, -0.1) is 0 Å². The van der Waals surface area contributed by atoms with Crippen molar-refractivity contribution >= 4 is 11.9 Å². The standard InChI is InChI=1S/C13H20O3/c1-9(2)7-10(3)5-4-6-11-8-12(14)16-13(11)15/h4-5,9-11H,6-8H2,1-3H3. The molecule has 0 spiro atoms. The largest absolute Gasteiger partial charge is 0.393 e. The van der Waals surface area contributed by atoms with Crippen molar-refractivity contribution < 1.29 is 14.3 Å². The number of carbonyl (C=O) groups excluding carboxylic acids is 2. The fraction of sp³-hybridized carbons (Fsp3) is 0.692. The van der Waals surface area contributed by atoms with Crippen LogP contribution in [0.2, 0.25) is 0 Å². The molecule has 2 unspecified atom stereocenters. The summed E-state index contributed by atoms with van der Waals surface area (Å²) < 4.78 is 4.48. The van der Waals surface area contributed by atoms with Crippen molar-refractivity contribution in [3.05, 3.63) is 12.2 Å². The monoisotopic (exact) mass is 224 g/mol. The molecule has 1 aliphatic rings. The summed E-state index contributed by atoms with van der Waals surface area (Å²) in [6.45, 7) is 6.54. The Kier molecular flexibility index (Phi) is 4.71. The summed E-state index contributed by atoms with van der Waals surface area (Å²) in [4.78, 5) is 22.0. The van der Waals surface area contributed by atoms with Gasteiger partial charge in [-0.1, -0.05) is 32.9 Å². The van der Waals surface area contributed by atoms with Gasteiger partial charge < -0.3 is 4.74 Å². The summed E-state index contributed by atoms with van der Waals surface area (Å²) in [5, 5.41) is 0. The average Bonchev–Trinajstić information content (AvgIpc) is 2.44. The van der Waals surface area contributed by atoms with Crippen LogP contribution in [0.3, 0.4) is 0 Å². The van der Waals surface area contributed by atoms with Crippen molar-refractivity contribution in [2.24, 2.45) is 17.8 Å². The number of rotatable bonds is 5. The molecule has 0 saturated carbocycles. The zero-order valence-electron chi connectivity index (χ0n) is 10.2. The summed E-state index contributed by atoms with van der Waals surface area (Å²) in [7, 11) is 0. The van der Waals surface area contributed by atoms with Crippen LogP contribution in [-0.2, 0) is 14.3 Å². The maximum atomic E-state index is 11.2. The predicted octanol–water partition coefficient (Wildman–Crippen LogP) is 2.70. The third kappa shape index (κ3) is 4.17. The highest BCUT2D eigenvalue weighted by atomic mass is 16.6. The van der Waals surface area contributed by atoms with E-state index in [1.807, 2.05) is 6.08 Å². The first-order valence-corrected chi connectivity index (χ1v) is 5.90. The van der Waals surface area contributed by atoms with Gasteiger partial charge in [0, 0.05) is 0 Å². The number of carbonyl (C=O) groups is 2. The van der Waals surface area contributed by atoms with Crippen LogP contribution in [-0.4, -0.2) is 11.9 Å². The molecule has 1 fully saturated rings. The first-order chi connectivity index (χ1) is 7.49. The Bertz CT molecular complexity index is 292. The van der Waals surface area contributed by atoms with E-state index in [-0.39, 0.29) is 18.3 Å². The number of hydrogen-bond acceptors (Lipinski definition) is 3. The minimum Gasteiger partial charge on any atom is -0.393 e. The zero-order valence-corrected chi connectivity index (χ0v) is 10.2. The van der Waals surface area contributed by atoms with E-state index in [1.165, 1.54) is 0 Å². The van der Waals surface area contributed by atoms with Crippen LogP contribution in [0, 0.1) is 17.8 Å². The fourth-order valence-corrected chi connectivity index (χ4v) is 2.00. The van der Waals surface area contributed by atoms with Crippen molar-refractivity contribution in [3.63, 3.8) is 0 Å². The van der Waals surface area contributed by atoms with Crippen LogP contribution in [0.4, 0.5) is 0 Å². The van der Waals surface area contributed by atoms with E-state index < -0.39 is 5.97 Å². The lowest BCUT2D eigenvalue weighted by atomic mass is 9.97. The summed E-state index contributed by atoms with van der Waals surface area (Å²) in [5.74, 6) is 0.186. The lowest BCUT2D eigenvalue weighted by molar-refractivity contribution is -0.153. The molecule has 0 aromatic rings. The summed E-state index contributed by atoms with van der Waals surface area (Å²) in [5.41, 5.74) is 0. The first-order valence-electron chi connectivity index (χ1n) is 5.90. The number of ether oxygens (including phenoxy) is 1. The fourth-order valence-electron chi connectivity index (χ4n) is 2.00. The van der Waals surface area contributed by atoms with Gasteiger partial charge >= 0.3 is 11.9 Å². The van der Waals surface area contributed by atoms with Gasteiger partial charge in [-0.25, -0.2) is 0 Å². The molecule has 0 N–H and O–H groups in total. The molecule has 2 atom stereocenters. The first kappa shape index (κ1) is 12.9. The Morgan fingerprint density at radius 2 is 2.06 bits per heavy atom. The Labute approximate surface area is 96.9 Å². The molecule has 1 heterocycles. The second kappa shape index (κ2) is 5.83. The third-order valence-corrected chi connectivity index (χ3v) is 2.69. The maximum absolute atomic E-state index is 11.2. The third-order valence-electron chi connectivity index (χ3n) is 2.69. The van der Waals surface area contributed by atoms with Crippen LogP contribution < -0.4 is 0 Å². The van der Waals surface area contributed by atoms with Gasteiger partial charge in [0.25, 0.3) is 0 Å². The van der Waals surface area contributed by atoms with E-state index in [2.05, 4.69) is 31.6 Å². The van der Waals surface area contributed by atoms with Gasteiger partial charge in [-0.2, -0.15) is 0 Å². The Morgan fingerprint density at radius 3 is 2.56 bits per heavy atom. The Hall–Kier alpha value is -1.12. The predicted molar refractivity (Wildman–Crippen MR) is 61.6 cm³/mol.